The molecule has 0 bridgehead atoms. The molecule has 1 aromatic carbocycles. The molecule has 1 spiro atoms. The van der Waals surface area contributed by atoms with Crippen molar-refractivity contribution < 1.29 is 19.2 Å². The summed E-state index contributed by atoms with van der Waals surface area (Å²) in [5, 5.41) is 14.1. The van der Waals surface area contributed by atoms with Gasteiger partial charge in [-0.25, -0.2) is 9.78 Å². The summed E-state index contributed by atoms with van der Waals surface area (Å²) >= 11 is 0. The lowest BCUT2D eigenvalue weighted by Gasteiger charge is -2.54. The van der Waals surface area contributed by atoms with E-state index in [1.807, 2.05) is 66.8 Å². The number of hydrogen-bond acceptors (Lipinski definition) is 7. The average molecular weight is 572 g/mol. The minimum absolute atomic E-state index is 0.191. The minimum Gasteiger partial charge on any atom is -0.444 e. The molecule has 3 aliphatic rings. The quantitative estimate of drug-likeness (QED) is 0.426. The van der Waals surface area contributed by atoms with Crippen molar-refractivity contribution in [2.24, 2.45) is 11.3 Å². The van der Waals surface area contributed by atoms with Crippen LogP contribution in [0.1, 0.15) is 76.6 Å². The van der Waals surface area contributed by atoms with Crippen LogP contribution >= 0.6 is 0 Å². The Kier molecular flexibility index (Phi) is 7.62. The Morgan fingerprint density at radius 3 is 2.57 bits per heavy atom. The molecule has 2 saturated heterocycles. The lowest BCUT2D eigenvalue weighted by atomic mass is 9.57. The van der Waals surface area contributed by atoms with E-state index in [0.29, 0.717) is 35.5 Å². The van der Waals surface area contributed by atoms with E-state index in [-0.39, 0.29) is 6.09 Å². The fourth-order valence-corrected chi connectivity index (χ4v) is 6.44. The number of likely N-dealkylation sites (tertiary alicyclic amines) is 2. The van der Waals surface area contributed by atoms with Gasteiger partial charge in [-0.05, 0) is 96.1 Å². The summed E-state index contributed by atoms with van der Waals surface area (Å²) < 4.78 is 13.0. The van der Waals surface area contributed by atoms with Crippen molar-refractivity contribution in [1.82, 2.24) is 24.5 Å². The molecule has 1 amide bonds. The van der Waals surface area contributed by atoms with Crippen LogP contribution in [0.25, 0.3) is 11.3 Å². The zero-order chi connectivity index (χ0) is 29.5. The van der Waals surface area contributed by atoms with Gasteiger partial charge in [-0.1, -0.05) is 17.0 Å². The third-order valence-corrected chi connectivity index (χ3v) is 8.85. The molecule has 222 valence electrons. The number of benzene rings is 1. The predicted octanol–water partition coefficient (Wildman–Crippen LogP) is 5.10. The molecule has 4 heterocycles. The van der Waals surface area contributed by atoms with E-state index in [1.165, 1.54) is 25.7 Å². The zero-order valence-corrected chi connectivity index (χ0v) is 25.0. The standard InChI is InChI=1S/C33H41N5O4/c1-23(39)30-34-13-16-37(30)20-27-17-29(42-35-27)26-9-7-24(8-10-26)5-6-25-18-33(19-25)11-14-36(15-12-33)28-21-38(22-28)31(40)41-32(2,3)4/h7-10,13,16-17,23,25,28,39H,11-12,14-15,18-22H2,1-4H3/t23-/m0/s1. The highest BCUT2D eigenvalue weighted by molar-refractivity contribution is 5.69. The fraction of sp³-hybridized carbons (Fsp3) is 0.545. The first-order valence-corrected chi connectivity index (χ1v) is 15.0. The van der Waals surface area contributed by atoms with E-state index >= 15 is 0 Å². The molecular weight excluding hydrogens is 530 g/mol. The second kappa shape index (κ2) is 11.2. The van der Waals surface area contributed by atoms with Crippen LogP contribution in [-0.4, -0.2) is 73.5 Å². The number of rotatable bonds is 5. The maximum atomic E-state index is 12.2. The van der Waals surface area contributed by atoms with E-state index in [1.54, 1.807) is 13.1 Å². The van der Waals surface area contributed by atoms with Crippen molar-refractivity contribution in [3.63, 3.8) is 0 Å². The number of nitrogens with zero attached hydrogens (tertiary/aromatic N) is 5. The lowest BCUT2D eigenvalue weighted by molar-refractivity contribution is -0.0484. The van der Waals surface area contributed by atoms with Crippen LogP contribution in [0.4, 0.5) is 4.79 Å². The highest BCUT2D eigenvalue weighted by Gasteiger charge is 2.47. The summed E-state index contributed by atoms with van der Waals surface area (Å²) in [4.78, 5) is 20.8. The molecule has 9 nitrogen and oxygen atoms in total. The van der Waals surface area contributed by atoms with Gasteiger partial charge in [0.15, 0.2) is 5.76 Å². The van der Waals surface area contributed by atoms with Gasteiger partial charge in [-0.3, -0.25) is 4.90 Å². The summed E-state index contributed by atoms with van der Waals surface area (Å²) in [5.41, 5.74) is 2.74. The van der Waals surface area contributed by atoms with Gasteiger partial charge < -0.3 is 23.8 Å². The third kappa shape index (κ3) is 6.25. The van der Waals surface area contributed by atoms with Crippen LogP contribution < -0.4 is 0 Å². The summed E-state index contributed by atoms with van der Waals surface area (Å²) in [6, 6.07) is 10.5. The number of aromatic nitrogens is 3. The maximum Gasteiger partial charge on any atom is 0.410 e. The Bertz CT molecular complexity index is 1450. The van der Waals surface area contributed by atoms with Crippen molar-refractivity contribution in [3.8, 4) is 23.2 Å². The molecular formula is C33H41N5O4. The van der Waals surface area contributed by atoms with Crippen molar-refractivity contribution in [2.75, 3.05) is 26.2 Å². The Hall–Kier alpha value is -3.61. The lowest BCUT2D eigenvalue weighted by Crippen LogP contribution is -2.63. The van der Waals surface area contributed by atoms with E-state index < -0.39 is 11.7 Å². The first-order valence-electron chi connectivity index (χ1n) is 15.0. The minimum atomic E-state index is -0.643. The molecule has 2 aliphatic heterocycles. The molecule has 3 aromatic rings. The molecule has 0 radical (unpaired) electrons. The second-order valence-electron chi connectivity index (χ2n) is 13.3. The van der Waals surface area contributed by atoms with Gasteiger partial charge >= 0.3 is 6.09 Å². The van der Waals surface area contributed by atoms with Crippen molar-refractivity contribution in [1.29, 1.82) is 0 Å². The number of amides is 1. The van der Waals surface area contributed by atoms with Gasteiger partial charge in [0.1, 0.15) is 23.2 Å². The molecule has 3 fully saturated rings. The SMILES string of the molecule is C[C@H](O)c1nccn1Cc1cc(-c2ccc(C#CC3CC4(CCN(C5CN(C(=O)OC(C)(C)C)C5)CC4)C3)cc2)on1. The van der Waals surface area contributed by atoms with E-state index in [9.17, 15) is 9.90 Å². The van der Waals surface area contributed by atoms with Gasteiger partial charge in [0.05, 0.1) is 6.54 Å². The number of hydrogen-bond donors (Lipinski definition) is 1. The van der Waals surface area contributed by atoms with Crippen molar-refractivity contribution in [2.45, 2.75) is 77.7 Å². The number of ether oxygens (including phenoxy) is 1. The van der Waals surface area contributed by atoms with Gasteiger partial charge in [0, 0.05) is 54.6 Å². The maximum absolute atomic E-state index is 12.2. The van der Waals surface area contributed by atoms with Gasteiger partial charge in [0.2, 0.25) is 0 Å². The summed E-state index contributed by atoms with van der Waals surface area (Å²) in [5.74, 6) is 8.68. The van der Waals surface area contributed by atoms with E-state index in [4.69, 9.17) is 9.26 Å². The van der Waals surface area contributed by atoms with Crippen molar-refractivity contribution in [3.05, 3.63) is 59.8 Å². The molecule has 42 heavy (non-hydrogen) atoms. The van der Waals surface area contributed by atoms with Crippen LogP contribution in [0.2, 0.25) is 0 Å². The number of aliphatic hydroxyl groups is 1. The zero-order valence-electron chi connectivity index (χ0n) is 25.0. The summed E-state index contributed by atoms with van der Waals surface area (Å²) in [7, 11) is 0. The number of piperidine rings is 1. The first kappa shape index (κ1) is 28.5. The van der Waals surface area contributed by atoms with Crippen LogP contribution in [0, 0.1) is 23.2 Å². The van der Waals surface area contributed by atoms with E-state index in [0.717, 1.165) is 43.0 Å². The normalized spacial score (nSPS) is 20.0. The fourth-order valence-electron chi connectivity index (χ4n) is 6.44. The average Bonchev–Trinajstić information content (AvgIpc) is 3.56. The number of carbonyl (C=O) groups is 1. The Labute approximate surface area is 247 Å². The van der Waals surface area contributed by atoms with Crippen LogP contribution in [-0.2, 0) is 11.3 Å². The van der Waals surface area contributed by atoms with Gasteiger partial charge in [-0.2, -0.15) is 0 Å². The topological polar surface area (TPSA) is 96.9 Å². The summed E-state index contributed by atoms with van der Waals surface area (Å²) in [6.45, 7) is 11.7. The Balaban J connectivity index is 0.949. The predicted molar refractivity (Wildman–Crippen MR) is 158 cm³/mol. The molecule has 1 atom stereocenters. The smallest absolute Gasteiger partial charge is 0.410 e. The first-order chi connectivity index (χ1) is 20.1. The molecule has 9 heteroatoms. The summed E-state index contributed by atoms with van der Waals surface area (Å²) in [6.07, 6.45) is 7.50. The third-order valence-electron chi connectivity index (χ3n) is 8.85. The van der Waals surface area contributed by atoms with Gasteiger partial charge in [0.25, 0.3) is 0 Å². The monoisotopic (exact) mass is 571 g/mol. The molecule has 6 rings (SSSR count). The van der Waals surface area contributed by atoms with Crippen LogP contribution in [0.5, 0.6) is 0 Å². The molecule has 1 aliphatic carbocycles. The van der Waals surface area contributed by atoms with Gasteiger partial charge in [-0.15, -0.1) is 0 Å². The number of carbonyl (C=O) groups excluding carboxylic acids is 1. The Morgan fingerprint density at radius 1 is 1.19 bits per heavy atom. The molecule has 0 unspecified atom stereocenters. The molecule has 2 aromatic heterocycles. The van der Waals surface area contributed by atoms with Crippen molar-refractivity contribution >= 4 is 6.09 Å². The Morgan fingerprint density at radius 2 is 1.90 bits per heavy atom. The largest absolute Gasteiger partial charge is 0.444 e. The second-order valence-corrected chi connectivity index (χ2v) is 13.3. The van der Waals surface area contributed by atoms with E-state index in [2.05, 4.69) is 26.9 Å². The van der Waals surface area contributed by atoms with Crippen LogP contribution in [0.3, 0.4) is 0 Å². The molecule has 1 saturated carbocycles. The molecule has 1 N–H and O–H groups in total. The highest BCUT2D eigenvalue weighted by atomic mass is 16.6. The number of aliphatic hydroxyl groups excluding tert-OH is 1. The van der Waals surface area contributed by atoms with Crippen LogP contribution in [0.15, 0.2) is 47.2 Å². The highest BCUT2D eigenvalue weighted by Crippen LogP contribution is 2.52. The number of imidazole rings is 1.